The number of fused-ring (bicyclic) bond motifs is 1. The second kappa shape index (κ2) is 6.77. The van der Waals surface area contributed by atoms with Gasteiger partial charge >= 0.3 is 0 Å². The highest BCUT2D eigenvalue weighted by atomic mass is 19.3. The fourth-order valence-electron chi connectivity index (χ4n) is 3.48. The summed E-state index contributed by atoms with van der Waals surface area (Å²) < 4.78 is 35.5. The Balaban J connectivity index is 1.77. The van der Waals surface area contributed by atoms with Crippen molar-refractivity contribution in [3.8, 4) is 0 Å². The van der Waals surface area contributed by atoms with Gasteiger partial charge in [-0.3, -0.25) is 9.36 Å². The van der Waals surface area contributed by atoms with Crippen molar-refractivity contribution in [2.24, 2.45) is 13.0 Å². The van der Waals surface area contributed by atoms with Crippen molar-refractivity contribution in [3.63, 3.8) is 0 Å². The van der Waals surface area contributed by atoms with E-state index in [-0.39, 0.29) is 13.0 Å². The fourth-order valence-corrected chi connectivity index (χ4v) is 3.48. The normalized spacial score (nSPS) is 18.4. The van der Waals surface area contributed by atoms with Crippen molar-refractivity contribution in [2.45, 2.75) is 44.9 Å². The molecule has 0 saturated heterocycles. The SMILES string of the molecule is COCc1nn(C)cc1Nc1nn(CC2CC2(F)F)c2ccc(C(C)(C)O)cc12. The molecule has 0 spiro atoms. The van der Waals surface area contributed by atoms with Gasteiger partial charge in [-0.15, -0.1) is 0 Å². The maximum absolute atomic E-state index is 13.5. The number of aryl methyl sites for hydroxylation is 1. The molecular weight excluding hydrogens is 380 g/mol. The van der Waals surface area contributed by atoms with Gasteiger partial charge in [0.1, 0.15) is 5.69 Å². The minimum atomic E-state index is -2.62. The molecule has 1 saturated carbocycles. The highest BCUT2D eigenvalue weighted by Gasteiger charge is 2.57. The van der Waals surface area contributed by atoms with E-state index in [2.05, 4.69) is 15.5 Å². The minimum Gasteiger partial charge on any atom is -0.386 e. The van der Waals surface area contributed by atoms with E-state index in [0.717, 1.165) is 16.6 Å². The Morgan fingerprint density at radius 2 is 2.07 bits per heavy atom. The third kappa shape index (κ3) is 3.84. The lowest BCUT2D eigenvalue weighted by atomic mass is 9.97. The quantitative estimate of drug-likeness (QED) is 0.629. The zero-order valence-electron chi connectivity index (χ0n) is 16.9. The summed E-state index contributed by atoms with van der Waals surface area (Å²) in [6.07, 6.45) is 1.70. The van der Waals surface area contributed by atoms with Crippen LogP contribution in [0.15, 0.2) is 24.4 Å². The summed E-state index contributed by atoms with van der Waals surface area (Å²) in [6.45, 7) is 3.87. The maximum atomic E-state index is 13.5. The van der Waals surface area contributed by atoms with Gasteiger partial charge in [0.2, 0.25) is 0 Å². The number of aliphatic hydroxyl groups is 1. The number of anilines is 2. The lowest BCUT2D eigenvalue weighted by molar-refractivity contribution is 0.0787. The van der Waals surface area contributed by atoms with Crippen LogP contribution in [0.25, 0.3) is 10.9 Å². The number of benzene rings is 1. The van der Waals surface area contributed by atoms with Crippen LogP contribution in [-0.4, -0.2) is 37.7 Å². The molecule has 1 aromatic carbocycles. The number of alkyl halides is 2. The zero-order chi connectivity index (χ0) is 21.0. The molecule has 1 aliphatic rings. The average molecular weight is 405 g/mol. The van der Waals surface area contributed by atoms with Gasteiger partial charge in [0.05, 0.1) is 30.0 Å². The van der Waals surface area contributed by atoms with E-state index in [9.17, 15) is 13.9 Å². The summed E-state index contributed by atoms with van der Waals surface area (Å²) in [6, 6.07) is 5.47. The van der Waals surface area contributed by atoms with Gasteiger partial charge < -0.3 is 15.2 Å². The van der Waals surface area contributed by atoms with E-state index < -0.39 is 17.4 Å². The average Bonchev–Trinajstić information content (AvgIpc) is 2.93. The third-order valence-electron chi connectivity index (χ3n) is 5.25. The van der Waals surface area contributed by atoms with E-state index in [4.69, 9.17) is 4.74 Å². The summed E-state index contributed by atoms with van der Waals surface area (Å²) >= 11 is 0. The van der Waals surface area contributed by atoms with E-state index in [1.807, 2.05) is 25.4 Å². The van der Waals surface area contributed by atoms with Crippen LogP contribution in [-0.2, 0) is 30.5 Å². The van der Waals surface area contributed by atoms with Crippen LogP contribution in [0.4, 0.5) is 20.3 Å². The molecule has 0 bridgehead atoms. The summed E-state index contributed by atoms with van der Waals surface area (Å²) in [5.41, 5.74) is 1.86. The Morgan fingerprint density at radius 1 is 1.34 bits per heavy atom. The first-order chi connectivity index (χ1) is 13.6. The first-order valence-corrected chi connectivity index (χ1v) is 9.48. The fraction of sp³-hybridized carbons (Fsp3) is 0.500. The number of ether oxygens (including phenoxy) is 1. The molecule has 29 heavy (non-hydrogen) atoms. The topological polar surface area (TPSA) is 77.1 Å². The predicted molar refractivity (Wildman–Crippen MR) is 105 cm³/mol. The molecule has 9 heteroatoms. The number of rotatable bonds is 7. The van der Waals surface area contributed by atoms with Crippen LogP contribution < -0.4 is 5.32 Å². The molecule has 0 aliphatic heterocycles. The number of nitrogens with zero attached hydrogens (tertiary/aromatic N) is 4. The van der Waals surface area contributed by atoms with Gasteiger partial charge in [0.15, 0.2) is 5.82 Å². The molecule has 0 radical (unpaired) electrons. The minimum absolute atomic E-state index is 0.112. The Kier molecular flexibility index (Phi) is 4.62. The number of methoxy groups -OCH3 is 1. The molecule has 0 amide bonds. The second-order valence-corrected chi connectivity index (χ2v) is 8.20. The van der Waals surface area contributed by atoms with Crippen molar-refractivity contribution < 1.29 is 18.6 Å². The lowest BCUT2D eigenvalue weighted by Crippen LogP contribution is -2.15. The number of hydrogen-bond donors (Lipinski definition) is 2. The van der Waals surface area contributed by atoms with Crippen molar-refractivity contribution in [1.29, 1.82) is 0 Å². The van der Waals surface area contributed by atoms with Crippen molar-refractivity contribution in [1.82, 2.24) is 19.6 Å². The maximum Gasteiger partial charge on any atom is 0.253 e. The highest BCUT2D eigenvalue weighted by Crippen LogP contribution is 2.49. The molecular formula is C20H25F2N5O2. The zero-order valence-corrected chi connectivity index (χ0v) is 16.9. The molecule has 1 unspecified atom stereocenters. The highest BCUT2D eigenvalue weighted by molar-refractivity contribution is 5.92. The van der Waals surface area contributed by atoms with Gasteiger partial charge in [-0.05, 0) is 31.5 Å². The van der Waals surface area contributed by atoms with Crippen LogP contribution in [0.2, 0.25) is 0 Å². The van der Waals surface area contributed by atoms with Gasteiger partial charge in [0, 0.05) is 38.1 Å². The van der Waals surface area contributed by atoms with Crippen molar-refractivity contribution >= 4 is 22.4 Å². The molecule has 1 atom stereocenters. The summed E-state index contributed by atoms with van der Waals surface area (Å²) in [4.78, 5) is 0. The molecule has 3 aromatic rings. The molecule has 2 N–H and O–H groups in total. The smallest absolute Gasteiger partial charge is 0.253 e. The van der Waals surface area contributed by atoms with Gasteiger partial charge in [-0.2, -0.15) is 10.2 Å². The molecule has 2 heterocycles. The number of aromatic nitrogens is 4. The van der Waals surface area contributed by atoms with E-state index in [1.54, 1.807) is 36.4 Å². The molecule has 156 valence electrons. The van der Waals surface area contributed by atoms with Crippen molar-refractivity contribution in [2.75, 3.05) is 12.4 Å². The first-order valence-electron chi connectivity index (χ1n) is 9.48. The Morgan fingerprint density at radius 3 is 2.69 bits per heavy atom. The monoisotopic (exact) mass is 405 g/mol. The van der Waals surface area contributed by atoms with Crippen LogP contribution in [0.1, 0.15) is 31.5 Å². The van der Waals surface area contributed by atoms with Crippen LogP contribution in [0.3, 0.4) is 0 Å². The Bertz CT molecular complexity index is 1050. The number of nitrogens with one attached hydrogen (secondary N) is 1. The lowest BCUT2D eigenvalue weighted by Gasteiger charge is -2.17. The first kappa shape index (κ1) is 19.8. The van der Waals surface area contributed by atoms with Crippen LogP contribution >= 0.6 is 0 Å². The Labute approximate surface area is 167 Å². The molecule has 4 rings (SSSR count). The molecule has 1 aliphatic carbocycles. The summed E-state index contributed by atoms with van der Waals surface area (Å²) in [5, 5.41) is 23.4. The summed E-state index contributed by atoms with van der Waals surface area (Å²) in [7, 11) is 3.40. The third-order valence-corrected chi connectivity index (χ3v) is 5.25. The van der Waals surface area contributed by atoms with Crippen LogP contribution in [0, 0.1) is 5.92 Å². The molecule has 1 fully saturated rings. The van der Waals surface area contributed by atoms with Crippen molar-refractivity contribution in [3.05, 3.63) is 35.7 Å². The predicted octanol–water partition coefficient (Wildman–Crippen LogP) is 3.54. The van der Waals surface area contributed by atoms with Gasteiger partial charge in [-0.25, -0.2) is 8.78 Å². The van der Waals surface area contributed by atoms with Crippen LogP contribution in [0.5, 0.6) is 0 Å². The summed E-state index contributed by atoms with van der Waals surface area (Å²) in [5.74, 6) is -2.79. The number of halogens is 2. The largest absolute Gasteiger partial charge is 0.386 e. The molecule has 7 nitrogen and oxygen atoms in total. The van der Waals surface area contributed by atoms with E-state index >= 15 is 0 Å². The Hall–Kier alpha value is -2.52. The number of hydrogen-bond acceptors (Lipinski definition) is 5. The van der Waals surface area contributed by atoms with Gasteiger partial charge in [-0.1, -0.05) is 6.07 Å². The van der Waals surface area contributed by atoms with E-state index in [0.29, 0.717) is 23.7 Å². The van der Waals surface area contributed by atoms with E-state index in [1.165, 1.54) is 0 Å². The standard InChI is InChI=1S/C20H25F2N5O2/c1-19(2,28)12-5-6-17-14(7-12)18(25-27(17)9-13-8-20(13,21)22)23-15-10-26(3)24-16(15)11-29-4/h5-7,10,13,28H,8-9,11H2,1-4H3,(H,23,25). The van der Waals surface area contributed by atoms with Gasteiger partial charge in [0.25, 0.3) is 5.92 Å². The molecule has 2 aromatic heterocycles. The second-order valence-electron chi connectivity index (χ2n) is 8.20.